The van der Waals surface area contributed by atoms with E-state index in [4.69, 9.17) is 4.74 Å². The molecule has 0 unspecified atom stereocenters. The number of nitrogens with one attached hydrogen (secondary N) is 1. The lowest BCUT2D eigenvalue weighted by Gasteiger charge is -2.34. The van der Waals surface area contributed by atoms with Gasteiger partial charge in [0.15, 0.2) is 0 Å². The van der Waals surface area contributed by atoms with Crippen LogP contribution in [-0.2, 0) is 10.0 Å². The van der Waals surface area contributed by atoms with Gasteiger partial charge in [0.05, 0.1) is 11.5 Å². The van der Waals surface area contributed by atoms with E-state index in [1.54, 1.807) is 47.4 Å². The van der Waals surface area contributed by atoms with Gasteiger partial charge in [-0.3, -0.25) is 9.59 Å². The van der Waals surface area contributed by atoms with E-state index in [1.165, 1.54) is 16.4 Å². The zero-order chi connectivity index (χ0) is 22.0. The van der Waals surface area contributed by atoms with E-state index >= 15 is 0 Å². The zero-order valence-corrected chi connectivity index (χ0v) is 17.9. The van der Waals surface area contributed by atoms with Crippen LogP contribution in [0.2, 0.25) is 0 Å². The largest absolute Gasteiger partial charge is 0.494 e. The summed E-state index contributed by atoms with van der Waals surface area (Å²) in [5, 5.41) is 1.21. The number of hydrogen-bond acceptors (Lipinski definition) is 5. The van der Waals surface area contributed by atoms with Gasteiger partial charge in [-0.05, 0) is 48.7 Å². The van der Waals surface area contributed by atoms with Gasteiger partial charge in [-0.1, -0.05) is 18.2 Å². The van der Waals surface area contributed by atoms with Crippen molar-refractivity contribution in [2.45, 2.75) is 11.8 Å². The molecule has 0 spiro atoms. The van der Waals surface area contributed by atoms with Crippen LogP contribution in [-0.4, -0.2) is 61.3 Å². The molecule has 1 saturated heterocycles. The van der Waals surface area contributed by atoms with E-state index in [0.717, 1.165) is 0 Å². The van der Waals surface area contributed by atoms with Crippen LogP contribution in [0.4, 0.5) is 0 Å². The molecule has 31 heavy (non-hydrogen) atoms. The highest BCUT2D eigenvalue weighted by atomic mass is 32.2. The fourth-order valence-electron chi connectivity index (χ4n) is 3.65. The highest BCUT2D eigenvalue weighted by molar-refractivity contribution is 7.89. The standard InChI is InChI=1S/C22H23N3O5S/c1-2-30-17-7-9-18(10-8-17)31(28,29)25-13-11-24(12-14-25)22(27)20-15-16-5-3-4-6-19(16)21(26)23-20/h3-10,15H,2,11-14H2,1H3,(H,23,26). The lowest BCUT2D eigenvalue weighted by atomic mass is 10.1. The lowest BCUT2D eigenvalue weighted by Crippen LogP contribution is -2.50. The monoisotopic (exact) mass is 441 g/mol. The third kappa shape index (κ3) is 4.19. The van der Waals surface area contributed by atoms with Gasteiger partial charge in [0.2, 0.25) is 10.0 Å². The van der Waals surface area contributed by atoms with Crippen molar-refractivity contribution < 1.29 is 17.9 Å². The van der Waals surface area contributed by atoms with Gasteiger partial charge in [0.25, 0.3) is 11.5 Å². The molecule has 4 rings (SSSR count). The van der Waals surface area contributed by atoms with E-state index in [1.807, 2.05) is 6.92 Å². The number of H-pyrrole nitrogens is 1. The number of fused-ring (bicyclic) bond motifs is 1. The van der Waals surface area contributed by atoms with Crippen LogP contribution in [0.5, 0.6) is 5.75 Å². The Labute approximate surface area is 180 Å². The van der Waals surface area contributed by atoms with Gasteiger partial charge < -0.3 is 14.6 Å². The Kier molecular flexibility index (Phi) is 5.79. The molecule has 162 valence electrons. The molecule has 0 aliphatic carbocycles. The van der Waals surface area contributed by atoms with Crippen molar-refractivity contribution in [1.82, 2.24) is 14.2 Å². The second kappa shape index (κ2) is 8.52. The van der Waals surface area contributed by atoms with Crippen molar-refractivity contribution in [3.05, 3.63) is 70.6 Å². The fourth-order valence-corrected chi connectivity index (χ4v) is 5.07. The van der Waals surface area contributed by atoms with Gasteiger partial charge in [-0.15, -0.1) is 0 Å². The second-order valence-electron chi connectivity index (χ2n) is 7.20. The molecular formula is C22H23N3O5S. The van der Waals surface area contributed by atoms with Crippen molar-refractivity contribution in [1.29, 1.82) is 0 Å². The SMILES string of the molecule is CCOc1ccc(S(=O)(=O)N2CCN(C(=O)c3cc4ccccc4c(=O)[nH]3)CC2)cc1. The van der Waals surface area contributed by atoms with Crippen molar-refractivity contribution in [2.75, 3.05) is 32.8 Å². The van der Waals surface area contributed by atoms with E-state index in [-0.39, 0.29) is 48.2 Å². The highest BCUT2D eigenvalue weighted by Crippen LogP contribution is 2.21. The number of rotatable bonds is 5. The molecule has 1 fully saturated rings. The predicted octanol–water partition coefficient (Wildman–Crippen LogP) is 2.07. The van der Waals surface area contributed by atoms with Crippen molar-refractivity contribution in [3.8, 4) is 5.75 Å². The maximum Gasteiger partial charge on any atom is 0.270 e. The number of nitrogens with zero attached hydrogens (tertiary/aromatic N) is 2. The van der Waals surface area contributed by atoms with Gasteiger partial charge >= 0.3 is 0 Å². The number of aromatic amines is 1. The van der Waals surface area contributed by atoms with E-state index in [9.17, 15) is 18.0 Å². The first-order chi connectivity index (χ1) is 14.9. The predicted molar refractivity (Wildman–Crippen MR) is 117 cm³/mol. The normalized spacial score (nSPS) is 15.2. The average molecular weight is 442 g/mol. The molecule has 1 aliphatic rings. The van der Waals surface area contributed by atoms with Gasteiger partial charge in [-0.2, -0.15) is 4.31 Å². The zero-order valence-electron chi connectivity index (χ0n) is 17.1. The van der Waals surface area contributed by atoms with Crippen LogP contribution in [0.15, 0.2) is 64.3 Å². The summed E-state index contributed by atoms with van der Waals surface area (Å²) in [6.07, 6.45) is 0. The van der Waals surface area contributed by atoms with Crippen molar-refractivity contribution in [3.63, 3.8) is 0 Å². The minimum absolute atomic E-state index is 0.180. The van der Waals surface area contributed by atoms with Crippen molar-refractivity contribution >= 4 is 26.7 Å². The summed E-state index contributed by atoms with van der Waals surface area (Å²) in [5.41, 5.74) is -0.121. The molecule has 1 aromatic heterocycles. The molecule has 8 nitrogen and oxygen atoms in total. The second-order valence-corrected chi connectivity index (χ2v) is 9.14. The first-order valence-corrected chi connectivity index (χ1v) is 11.5. The number of amides is 1. The van der Waals surface area contributed by atoms with Gasteiger partial charge in [0, 0.05) is 31.6 Å². The summed E-state index contributed by atoms with van der Waals surface area (Å²) < 4.78 is 32.6. The number of hydrogen-bond donors (Lipinski definition) is 1. The van der Waals surface area contributed by atoms with Crippen molar-refractivity contribution in [2.24, 2.45) is 0 Å². The van der Waals surface area contributed by atoms with Crippen LogP contribution in [0.3, 0.4) is 0 Å². The third-order valence-electron chi connectivity index (χ3n) is 5.28. The van der Waals surface area contributed by atoms with Gasteiger partial charge in [0.1, 0.15) is 11.4 Å². The Hall–Kier alpha value is -3.17. The minimum atomic E-state index is -3.66. The molecule has 9 heteroatoms. The number of sulfonamides is 1. The average Bonchev–Trinajstić information content (AvgIpc) is 2.79. The molecule has 1 N–H and O–H groups in total. The van der Waals surface area contributed by atoms with Crippen LogP contribution in [0, 0.1) is 0 Å². The quantitative estimate of drug-likeness (QED) is 0.653. The van der Waals surface area contributed by atoms with E-state index in [0.29, 0.717) is 23.1 Å². The molecule has 3 aromatic rings. The summed E-state index contributed by atoms with van der Waals surface area (Å²) in [4.78, 5) is 29.6. The van der Waals surface area contributed by atoms with Crippen LogP contribution < -0.4 is 10.3 Å². The van der Waals surface area contributed by atoms with E-state index in [2.05, 4.69) is 4.98 Å². The Bertz CT molecular complexity index is 1260. The maximum atomic E-state index is 12.9. The molecule has 0 radical (unpaired) electrons. The van der Waals surface area contributed by atoms with Crippen LogP contribution >= 0.6 is 0 Å². The summed E-state index contributed by atoms with van der Waals surface area (Å²) in [6.45, 7) is 3.20. The first kappa shape index (κ1) is 21.1. The summed E-state index contributed by atoms with van der Waals surface area (Å²) in [6, 6.07) is 15.0. The molecule has 1 aliphatic heterocycles. The Morgan fingerprint density at radius 2 is 1.71 bits per heavy atom. The number of piperazine rings is 1. The lowest BCUT2D eigenvalue weighted by molar-refractivity contribution is 0.0692. The third-order valence-corrected chi connectivity index (χ3v) is 7.20. The number of ether oxygens (including phenoxy) is 1. The minimum Gasteiger partial charge on any atom is -0.494 e. The Morgan fingerprint density at radius 1 is 1.03 bits per heavy atom. The molecular weight excluding hydrogens is 418 g/mol. The topological polar surface area (TPSA) is 99.8 Å². The number of carbonyl (C=O) groups is 1. The molecule has 0 atom stereocenters. The smallest absolute Gasteiger partial charge is 0.270 e. The number of aromatic nitrogens is 1. The number of benzene rings is 2. The first-order valence-electron chi connectivity index (χ1n) is 10.0. The maximum absolute atomic E-state index is 12.9. The fraction of sp³-hybridized carbons (Fsp3) is 0.273. The van der Waals surface area contributed by atoms with E-state index < -0.39 is 10.0 Å². The van der Waals surface area contributed by atoms with Crippen LogP contribution in [0.1, 0.15) is 17.4 Å². The van der Waals surface area contributed by atoms with Crippen LogP contribution in [0.25, 0.3) is 10.8 Å². The number of carbonyl (C=O) groups excluding carboxylic acids is 1. The Balaban J connectivity index is 1.47. The van der Waals surface area contributed by atoms with Gasteiger partial charge in [-0.25, -0.2) is 8.42 Å². The summed E-state index contributed by atoms with van der Waals surface area (Å²) in [7, 11) is -3.66. The Morgan fingerprint density at radius 3 is 2.39 bits per heavy atom. The summed E-state index contributed by atoms with van der Waals surface area (Å²) in [5.74, 6) is 0.294. The molecule has 2 heterocycles. The molecule has 1 amide bonds. The number of pyridine rings is 1. The molecule has 0 bridgehead atoms. The molecule has 0 saturated carbocycles. The highest BCUT2D eigenvalue weighted by Gasteiger charge is 2.30. The molecule has 2 aromatic carbocycles. The summed E-state index contributed by atoms with van der Waals surface area (Å²) >= 11 is 0.